The minimum absolute atomic E-state index is 0.704. The highest BCUT2D eigenvalue weighted by Crippen LogP contribution is 2.33. The van der Waals surface area contributed by atoms with Crippen LogP contribution in [0, 0.1) is 0 Å². The van der Waals surface area contributed by atoms with Crippen LogP contribution in [-0.2, 0) is 0 Å². The Morgan fingerprint density at radius 3 is 1.33 bits per heavy atom. The predicted octanol–water partition coefficient (Wildman–Crippen LogP) is 13.2. The molecule has 0 radical (unpaired) electrons. The lowest BCUT2D eigenvalue weighted by molar-refractivity contribution is 1.18. The molecule has 0 unspecified atom stereocenters. The maximum atomic E-state index is 5.04. The van der Waals surface area contributed by atoms with Gasteiger partial charge in [-0.3, -0.25) is 0 Å². The summed E-state index contributed by atoms with van der Waals surface area (Å²) in [5.41, 5.74) is 14.0. The highest BCUT2D eigenvalue weighted by atomic mass is 14.9. The SMILES string of the molecule is CC.c1ccc(-c2cc(-c3ccccc3)nc(-c3cccc(-c4cccc(-c5ccc(Nc6ccccc6-c6ccccc6)cc5)c4)c3)n2)cc1. The van der Waals surface area contributed by atoms with Gasteiger partial charge in [-0.25, -0.2) is 9.97 Å². The Hall–Kier alpha value is -6.58. The molecule has 0 saturated heterocycles. The lowest BCUT2D eigenvalue weighted by atomic mass is 9.97. The number of anilines is 2. The van der Waals surface area contributed by atoms with E-state index in [9.17, 15) is 0 Å². The molecule has 0 fully saturated rings. The molecule has 246 valence electrons. The third-order valence-electron chi connectivity index (χ3n) is 8.69. The van der Waals surface area contributed by atoms with Gasteiger partial charge in [0.2, 0.25) is 0 Å². The molecule has 1 heterocycles. The first-order valence-corrected chi connectivity index (χ1v) is 17.5. The van der Waals surface area contributed by atoms with Crippen LogP contribution in [-0.4, -0.2) is 9.97 Å². The van der Waals surface area contributed by atoms with E-state index in [0.29, 0.717) is 5.82 Å². The molecule has 3 heteroatoms. The van der Waals surface area contributed by atoms with Gasteiger partial charge in [-0.15, -0.1) is 0 Å². The summed E-state index contributed by atoms with van der Waals surface area (Å²) in [6.45, 7) is 4.00. The Bertz CT molecular complexity index is 2270. The monoisotopic (exact) mass is 657 g/mol. The van der Waals surface area contributed by atoms with Crippen LogP contribution in [0.3, 0.4) is 0 Å². The van der Waals surface area contributed by atoms with Crippen LogP contribution in [0.1, 0.15) is 13.8 Å². The van der Waals surface area contributed by atoms with Gasteiger partial charge in [-0.05, 0) is 64.2 Å². The van der Waals surface area contributed by atoms with E-state index in [1.807, 2.05) is 56.3 Å². The van der Waals surface area contributed by atoms with Crippen molar-refractivity contribution in [2.45, 2.75) is 13.8 Å². The minimum Gasteiger partial charge on any atom is -0.355 e. The van der Waals surface area contributed by atoms with Crippen LogP contribution in [0.15, 0.2) is 194 Å². The van der Waals surface area contributed by atoms with E-state index >= 15 is 0 Å². The highest BCUT2D eigenvalue weighted by molar-refractivity contribution is 5.82. The van der Waals surface area contributed by atoms with Gasteiger partial charge < -0.3 is 5.32 Å². The summed E-state index contributed by atoms with van der Waals surface area (Å²) in [6.07, 6.45) is 0. The average Bonchev–Trinajstić information content (AvgIpc) is 3.23. The van der Waals surface area contributed by atoms with E-state index in [0.717, 1.165) is 61.7 Å². The quantitative estimate of drug-likeness (QED) is 0.177. The van der Waals surface area contributed by atoms with E-state index in [2.05, 4.69) is 157 Å². The first-order chi connectivity index (χ1) is 25.3. The first kappa shape index (κ1) is 32.9. The summed E-state index contributed by atoms with van der Waals surface area (Å²) < 4.78 is 0. The number of aromatic nitrogens is 2. The number of hydrogen-bond acceptors (Lipinski definition) is 3. The number of nitrogens with zero attached hydrogens (tertiary/aromatic N) is 2. The third-order valence-corrected chi connectivity index (χ3v) is 8.69. The second kappa shape index (κ2) is 15.8. The largest absolute Gasteiger partial charge is 0.355 e. The fraction of sp³-hybridized carbons (Fsp3) is 0.0417. The molecule has 0 bridgehead atoms. The lowest BCUT2D eigenvalue weighted by Crippen LogP contribution is -1.96. The zero-order valence-electron chi connectivity index (χ0n) is 28.9. The van der Waals surface area contributed by atoms with Gasteiger partial charge in [0.05, 0.1) is 11.4 Å². The molecule has 0 atom stereocenters. The van der Waals surface area contributed by atoms with Gasteiger partial charge in [-0.2, -0.15) is 0 Å². The molecular weight excluding hydrogens is 619 g/mol. The van der Waals surface area contributed by atoms with E-state index in [4.69, 9.17) is 9.97 Å². The predicted molar refractivity (Wildman–Crippen MR) is 216 cm³/mol. The summed E-state index contributed by atoms with van der Waals surface area (Å²) in [6, 6.07) is 67.4. The van der Waals surface area contributed by atoms with Gasteiger partial charge >= 0.3 is 0 Å². The van der Waals surface area contributed by atoms with Crippen molar-refractivity contribution in [2.24, 2.45) is 0 Å². The molecule has 0 aliphatic rings. The van der Waals surface area contributed by atoms with Crippen molar-refractivity contribution in [1.82, 2.24) is 9.97 Å². The van der Waals surface area contributed by atoms with Crippen LogP contribution in [0.25, 0.3) is 67.3 Å². The van der Waals surface area contributed by atoms with Crippen molar-refractivity contribution in [1.29, 1.82) is 0 Å². The molecule has 0 amide bonds. The zero-order chi connectivity index (χ0) is 34.8. The number of nitrogens with one attached hydrogen (secondary N) is 1. The van der Waals surface area contributed by atoms with E-state index in [-0.39, 0.29) is 0 Å². The molecule has 0 spiro atoms. The van der Waals surface area contributed by atoms with Gasteiger partial charge in [0.15, 0.2) is 5.82 Å². The minimum atomic E-state index is 0.704. The van der Waals surface area contributed by atoms with E-state index in [1.165, 1.54) is 11.1 Å². The van der Waals surface area contributed by atoms with Crippen molar-refractivity contribution in [2.75, 3.05) is 5.32 Å². The fourth-order valence-corrected chi connectivity index (χ4v) is 6.17. The second-order valence-corrected chi connectivity index (χ2v) is 12.0. The molecule has 1 N–H and O–H groups in total. The molecule has 0 aliphatic heterocycles. The summed E-state index contributed by atoms with van der Waals surface area (Å²) in [4.78, 5) is 10.1. The standard InChI is InChI=1S/C46H33N3.C2H6/c1-4-14-34(15-5-1)42-24-10-11-25-43(42)47-41-28-26-33(27-29-41)37-20-12-21-38(30-37)39-22-13-23-40(31-39)46-48-44(35-16-6-2-7-17-35)32-45(49-46)36-18-8-3-9-19-36;1-2/h1-32,47H;1-2H3. The summed E-state index contributed by atoms with van der Waals surface area (Å²) in [5, 5.41) is 3.63. The maximum Gasteiger partial charge on any atom is 0.160 e. The number of benzene rings is 7. The summed E-state index contributed by atoms with van der Waals surface area (Å²) >= 11 is 0. The molecule has 8 rings (SSSR count). The maximum absolute atomic E-state index is 5.04. The van der Waals surface area contributed by atoms with Gasteiger partial charge in [-0.1, -0.05) is 172 Å². The number of para-hydroxylation sites is 1. The zero-order valence-corrected chi connectivity index (χ0v) is 28.9. The van der Waals surface area contributed by atoms with Gasteiger partial charge in [0.25, 0.3) is 0 Å². The Labute approximate surface area is 301 Å². The Kier molecular flexibility index (Phi) is 10.2. The molecule has 51 heavy (non-hydrogen) atoms. The normalized spacial score (nSPS) is 10.5. The fourth-order valence-electron chi connectivity index (χ4n) is 6.17. The van der Waals surface area contributed by atoms with Gasteiger partial charge in [0.1, 0.15) is 0 Å². The first-order valence-electron chi connectivity index (χ1n) is 17.5. The lowest BCUT2D eigenvalue weighted by Gasteiger charge is -2.13. The molecule has 0 saturated carbocycles. The Morgan fingerprint density at radius 2 is 0.765 bits per heavy atom. The Balaban J connectivity index is 0.00000200. The molecular formula is C48H39N3. The van der Waals surface area contributed by atoms with Crippen LogP contribution < -0.4 is 5.32 Å². The van der Waals surface area contributed by atoms with Crippen LogP contribution >= 0.6 is 0 Å². The van der Waals surface area contributed by atoms with Crippen LogP contribution in [0.4, 0.5) is 11.4 Å². The second-order valence-electron chi connectivity index (χ2n) is 12.0. The molecule has 8 aromatic rings. The smallest absolute Gasteiger partial charge is 0.160 e. The number of rotatable bonds is 8. The summed E-state index contributed by atoms with van der Waals surface area (Å²) in [5.74, 6) is 0.704. The third kappa shape index (κ3) is 7.69. The highest BCUT2D eigenvalue weighted by Gasteiger charge is 2.12. The topological polar surface area (TPSA) is 37.8 Å². The number of hydrogen-bond donors (Lipinski definition) is 1. The van der Waals surface area contributed by atoms with E-state index in [1.54, 1.807) is 0 Å². The molecule has 7 aromatic carbocycles. The average molecular weight is 658 g/mol. The van der Waals surface area contributed by atoms with Crippen molar-refractivity contribution in [3.8, 4) is 67.3 Å². The van der Waals surface area contributed by atoms with Crippen LogP contribution in [0.2, 0.25) is 0 Å². The van der Waals surface area contributed by atoms with Crippen molar-refractivity contribution in [3.05, 3.63) is 194 Å². The van der Waals surface area contributed by atoms with E-state index < -0.39 is 0 Å². The van der Waals surface area contributed by atoms with Crippen molar-refractivity contribution >= 4 is 11.4 Å². The van der Waals surface area contributed by atoms with Crippen LogP contribution in [0.5, 0.6) is 0 Å². The molecule has 0 aliphatic carbocycles. The van der Waals surface area contributed by atoms with Crippen molar-refractivity contribution < 1.29 is 0 Å². The van der Waals surface area contributed by atoms with Gasteiger partial charge in [0, 0.05) is 33.6 Å². The Morgan fingerprint density at radius 1 is 0.333 bits per heavy atom. The molecule has 1 aromatic heterocycles. The summed E-state index contributed by atoms with van der Waals surface area (Å²) in [7, 11) is 0. The van der Waals surface area contributed by atoms with Crippen molar-refractivity contribution in [3.63, 3.8) is 0 Å². The molecule has 3 nitrogen and oxygen atoms in total.